The highest BCUT2D eigenvalue weighted by atomic mass is 35.5. The van der Waals surface area contributed by atoms with Gasteiger partial charge in [0.25, 0.3) is 5.91 Å². The number of halogens is 1. The quantitative estimate of drug-likeness (QED) is 0.261. The standard InChI is InChI=1S/C24H19ClN4O2S/c1-31-22-5-3-2-4-18(22)14-26-29-23(30)17-8-6-16(7-9-17)21-15-32-24(28-21)27-20-12-10-19(25)11-13-20/h2-15H,1H3,(H,27,28)(H,29,30)/b26-14-. The molecule has 0 unspecified atom stereocenters. The third-order valence-electron chi connectivity index (χ3n) is 4.55. The van der Waals surface area contributed by atoms with Crippen molar-refractivity contribution in [3.63, 3.8) is 0 Å². The number of carbonyl (C=O) groups is 1. The summed E-state index contributed by atoms with van der Waals surface area (Å²) in [6.45, 7) is 0. The minimum Gasteiger partial charge on any atom is -0.496 e. The van der Waals surface area contributed by atoms with E-state index in [1.165, 1.54) is 11.3 Å². The third-order valence-corrected chi connectivity index (χ3v) is 5.56. The molecule has 160 valence electrons. The molecular weight excluding hydrogens is 444 g/mol. The number of hydrogen-bond acceptors (Lipinski definition) is 6. The molecule has 1 amide bonds. The fourth-order valence-electron chi connectivity index (χ4n) is 2.91. The molecule has 32 heavy (non-hydrogen) atoms. The second kappa shape index (κ2) is 10.1. The van der Waals surface area contributed by atoms with Gasteiger partial charge in [-0.3, -0.25) is 4.79 Å². The molecule has 4 rings (SSSR count). The zero-order valence-electron chi connectivity index (χ0n) is 17.1. The van der Waals surface area contributed by atoms with Crippen molar-refractivity contribution in [3.05, 3.63) is 94.3 Å². The number of benzene rings is 3. The molecule has 1 heterocycles. The molecule has 6 nitrogen and oxygen atoms in total. The van der Waals surface area contributed by atoms with Crippen molar-refractivity contribution in [2.75, 3.05) is 12.4 Å². The van der Waals surface area contributed by atoms with Gasteiger partial charge in [-0.15, -0.1) is 11.3 Å². The van der Waals surface area contributed by atoms with E-state index in [0.29, 0.717) is 16.3 Å². The lowest BCUT2D eigenvalue weighted by Crippen LogP contribution is -2.17. The van der Waals surface area contributed by atoms with Crippen LogP contribution in [-0.2, 0) is 0 Å². The van der Waals surface area contributed by atoms with Crippen LogP contribution >= 0.6 is 22.9 Å². The molecule has 0 aliphatic carbocycles. The van der Waals surface area contributed by atoms with Gasteiger partial charge in [0, 0.05) is 32.8 Å². The predicted molar refractivity (Wildman–Crippen MR) is 130 cm³/mol. The monoisotopic (exact) mass is 462 g/mol. The Bertz CT molecular complexity index is 1240. The number of para-hydroxylation sites is 1. The fourth-order valence-corrected chi connectivity index (χ4v) is 3.78. The maximum atomic E-state index is 12.4. The zero-order valence-corrected chi connectivity index (χ0v) is 18.7. The van der Waals surface area contributed by atoms with E-state index in [-0.39, 0.29) is 5.91 Å². The van der Waals surface area contributed by atoms with Crippen molar-refractivity contribution in [2.24, 2.45) is 5.10 Å². The summed E-state index contributed by atoms with van der Waals surface area (Å²) < 4.78 is 5.26. The van der Waals surface area contributed by atoms with Crippen LogP contribution in [0.3, 0.4) is 0 Å². The Morgan fingerprint density at radius 1 is 1.06 bits per heavy atom. The molecular formula is C24H19ClN4O2S. The largest absolute Gasteiger partial charge is 0.496 e. The Labute approximate surface area is 194 Å². The van der Waals surface area contributed by atoms with E-state index in [1.807, 2.05) is 66.0 Å². The second-order valence-corrected chi connectivity index (χ2v) is 7.98. The summed E-state index contributed by atoms with van der Waals surface area (Å²) in [7, 11) is 1.59. The van der Waals surface area contributed by atoms with Gasteiger partial charge in [-0.05, 0) is 48.5 Å². The highest BCUT2D eigenvalue weighted by Crippen LogP contribution is 2.27. The average molecular weight is 463 g/mol. The summed E-state index contributed by atoms with van der Waals surface area (Å²) in [5.74, 6) is 0.383. The second-order valence-electron chi connectivity index (χ2n) is 6.69. The summed E-state index contributed by atoms with van der Waals surface area (Å²) in [5.41, 5.74) is 6.47. The molecule has 3 aromatic carbocycles. The Morgan fingerprint density at radius 2 is 1.81 bits per heavy atom. The van der Waals surface area contributed by atoms with Gasteiger partial charge in [-0.25, -0.2) is 10.4 Å². The number of carbonyl (C=O) groups excluding carboxylic acids is 1. The van der Waals surface area contributed by atoms with Crippen LogP contribution in [-0.4, -0.2) is 24.2 Å². The minimum absolute atomic E-state index is 0.300. The summed E-state index contributed by atoms with van der Waals surface area (Å²) >= 11 is 7.42. The fraction of sp³-hybridized carbons (Fsp3) is 0.0417. The first-order chi connectivity index (χ1) is 15.6. The third kappa shape index (κ3) is 5.32. The van der Waals surface area contributed by atoms with E-state index < -0.39 is 0 Å². The van der Waals surface area contributed by atoms with Gasteiger partial charge < -0.3 is 10.1 Å². The first-order valence-corrected chi connectivity index (χ1v) is 10.9. The number of thiazole rings is 1. The van der Waals surface area contributed by atoms with Crippen LogP contribution in [0.5, 0.6) is 5.75 Å². The molecule has 0 saturated heterocycles. The van der Waals surface area contributed by atoms with Crippen molar-refractivity contribution < 1.29 is 9.53 Å². The van der Waals surface area contributed by atoms with Gasteiger partial charge in [-0.1, -0.05) is 35.9 Å². The number of amides is 1. The lowest BCUT2D eigenvalue weighted by atomic mass is 10.1. The zero-order chi connectivity index (χ0) is 22.3. The lowest BCUT2D eigenvalue weighted by molar-refractivity contribution is 0.0955. The van der Waals surface area contributed by atoms with Crippen molar-refractivity contribution >= 4 is 45.9 Å². The maximum Gasteiger partial charge on any atom is 0.271 e. The number of methoxy groups -OCH3 is 1. The van der Waals surface area contributed by atoms with E-state index in [4.69, 9.17) is 16.3 Å². The van der Waals surface area contributed by atoms with E-state index in [9.17, 15) is 4.79 Å². The molecule has 2 N–H and O–H groups in total. The maximum absolute atomic E-state index is 12.4. The normalized spacial score (nSPS) is 10.8. The van der Waals surface area contributed by atoms with Gasteiger partial charge in [0.05, 0.1) is 19.0 Å². The van der Waals surface area contributed by atoms with E-state index in [1.54, 1.807) is 25.5 Å². The van der Waals surface area contributed by atoms with Crippen molar-refractivity contribution in [3.8, 4) is 17.0 Å². The molecule has 0 bridgehead atoms. The first-order valence-electron chi connectivity index (χ1n) is 9.67. The molecule has 0 aliphatic heterocycles. The van der Waals surface area contributed by atoms with Gasteiger partial charge in [0.2, 0.25) is 0 Å². The number of anilines is 2. The Balaban J connectivity index is 1.38. The Morgan fingerprint density at radius 3 is 2.56 bits per heavy atom. The van der Waals surface area contributed by atoms with Crippen LogP contribution in [0.25, 0.3) is 11.3 Å². The van der Waals surface area contributed by atoms with E-state index in [0.717, 1.165) is 27.6 Å². The van der Waals surface area contributed by atoms with Gasteiger partial charge >= 0.3 is 0 Å². The number of nitrogens with one attached hydrogen (secondary N) is 2. The molecule has 0 radical (unpaired) electrons. The van der Waals surface area contributed by atoms with Gasteiger partial charge in [0.15, 0.2) is 5.13 Å². The number of ether oxygens (including phenoxy) is 1. The lowest BCUT2D eigenvalue weighted by Gasteiger charge is -2.04. The van der Waals surface area contributed by atoms with Gasteiger partial charge in [0.1, 0.15) is 5.75 Å². The van der Waals surface area contributed by atoms with E-state index in [2.05, 4.69) is 20.8 Å². The smallest absolute Gasteiger partial charge is 0.271 e. The summed E-state index contributed by atoms with van der Waals surface area (Å²) in [6.07, 6.45) is 1.55. The summed E-state index contributed by atoms with van der Waals surface area (Å²) in [4.78, 5) is 17.0. The average Bonchev–Trinajstić information content (AvgIpc) is 3.29. The molecule has 8 heteroatoms. The molecule has 4 aromatic rings. The topological polar surface area (TPSA) is 75.6 Å². The van der Waals surface area contributed by atoms with Crippen molar-refractivity contribution in [1.82, 2.24) is 10.4 Å². The molecule has 0 saturated carbocycles. The predicted octanol–water partition coefficient (Wildman–Crippen LogP) is 5.98. The molecule has 0 spiro atoms. The summed E-state index contributed by atoms with van der Waals surface area (Å²) in [5, 5.41) is 10.7. The van der Waals surface area contributed by atoms with Crippen molar-refractivity contribution in [2.45, 2.75) is 0 Å². The SMILES string of the molecule is COc1ccccc1/C=N\NC(=O)c1ccc(-c2csc(Nc3ccc(Cl)cc3)n2)cc1. The van der Waals surface area contributed by atoms with Crippen LogP contribution in [0.1, 0.15) is 15.9 Å². The Kier molecular flexibility index (Phi) is 6.79. The van der Waals surface area contributed by atoms with E-state index >= 15 is 0 Å². The number of nitrogens with zero attached hydrogens (tertiary/aromatic N) is 2. The highest BCUT2D eigenvalue weighted by molar-refractivity contribution is 7.14. The number of hydrazone groups is 1. The van der Waals surface area contributed by atoms with Crippen molar-refractivity contribution in [1.29, 1.82) is 0 Å². The molecule has 1 aromatic heterocycles. The molecule has 0 atom stereocenters. The molecule has 0 aliphatic rings. The highest BCUT2D eigenvalue weighted by Gasteiger charge is 2.08. The molecule has 0 fully saturated rings. The van der Waals surface area contributed by atoms with Crippen LogP contribution in [0, 0.1) is 0 Å². The Hall–Kier alpha value is -3.68. The van der Waals surface area contributed by atoms with Crippen LogP contribution < -0.4 is 15.5 Å². The van der Waals surface area contributed by atoms with Crippen LogP contribution in [0.2, 0.25) is 5.02 Å². The van der Waals surface area contributed by atoms with Crippen LogP contribution in [0.4, 0.5) is 10.8 Å². The number of aromatic nitrogens is 1. The van der Waals surface area contributed by atoms with Crippen LogP contribution in [0.15, 0.2) is 83.3 Å². The number of rotatable bonds is 7. The number of hydrogen-bond donors (Lipinski definition) is 2. The van der Waals surface area contributed by atoms with Gasteiger partial charge in [-0.2, -0.15) is 5.10 Å². The first kappa shape index (κ1) is 21.5. The summed E-state index contributed by atoms with van der Waals surface area (Å²) in [6, 6.07) is 22.1. The minimum atomic E-state index is -0.300.